The number of pyridine rings is 1. The Bertz CT molecular complexity index is 788. The highest BCUT2D eigenvalue weighted by Gasteiger charge is 2.18. The molecule has 136 valence electrons. The molecule has 0 saturated carbocycles. The fourth-order valence-electron chi connectivity index (χ4n) is 2.95. The average molecular weight is 373 g/mol. The summed E-state index contributed by atoms with van der Waals surface area (Å²) in [4.78, 5) is 28.8. The van der Waals surface area contributed by atoms with Crippen molar-refractivity contribution in [1.82, 2.24) is 10.3 Å². The lowest BCUT2D eigenvalue weighted by molar-refractivity contribution is -0.117. The summed E-state index contributed by atoms with van der Waals surface area (Å²) in [5.41, 5.74) is 1.92. The van der Waals surface area contributed by atoms with E-state index in [9.17, 15) is 9.59 Å². The lowest BCUT2D eigenvalue weighted by atomic mass is 10.0. The van der Waals surface area contributed by atoms with Crippen molar-refractivity contribution in [1.29, 1.82) is 0 Å². The predicted octanol–water partition coefficient (Wildman–Crippen LogP) is 3.00. The number of amides is 1. The molecule has 6 heteroatoms. The molecule has 0 radical (unpaired) electrons. The zero-order valence-corrected chi connectivity index (χ0v) is 15.2. The fourth-order valence-corrected chi connectivity index (χ4v) is 3.16. The van der Waals surface area contributed by atoms with Crippen LogP contribution in [0.5, 0.6) is 0 Å². The summed E-state index contributed by atoms with van der Waals surface area (Å²) in [6, 6.07) is 10.9. The molecular weight excluding hydrogens is 352 g/mol. The van der Waals surface area contributed by atoms with Crippen molar-refractivity contribution in [2.75, 3.05) is 13.2 Å². The highest BCUT2D eigenvalue weighted by molar-refractivity contribution is 6.31. The van der Waals surface area contributed by atoms with Crippen molar-refractivity contribution in [3.05, 3.63) is 64.4 Å². The second kappa shape index (κ2) is 8.92. The number of halogens is 1. The molecule has 2 aromatic rings. The zero-order valence-electron chi connectivity index (χ0n) is 14.4. The summed E-state index contributed by atoms with van der Waals surface area (Å²) in [5.74, 6) is -0.169. The lowest BCUT2D eigenvalue weighted by Gasteiger charge is -2.22. The van der Waals surface area contributed by atoms with Gasteiger partial charge in [0.15, 0.2) is 0 Å². The van der Waals surface area contributed by atoms with Crippen LogP contribution in [0.1, 0.15) is 34.5 Å². The Morgan fingerprint density at radius 1 is 1.15 bits per heavy atom. The fraction of sp³-hybridized carbons (Fsp3) is 0.350. The number of carbonyl (C=O) groups is 2. The van der Waals surface area contributed by atoms with E-state index in [4.69, 9.17) is 16.3 Å². The molecule has 1 aromatic carbocycles. The first-order chi connectivity index (χ1) is 12.6. The Labute approximate surface area is 157 Å². The molecule has 0 atom stereocenters. The van der Waals surface area contributed by atoms with Crippen LogP contribution in [0, 0.1) is 0 Å². The van der Waals surface area contributed by atoms with E-state index in [0.29, 0.717) is 23.9 Å². The quantitative estimate of drug-likeness (QED) is 0.846. The van der Waals surface area contributed by atoms with E-state index in [-0.39, 0.29) is 30.6 Å². The van der Waals surface area contributed by atoms with Gasteiger partial charge in [-0.2, -0.15) is 0 Å². The van der Waals surface area contributed by atoms with Gasteiger partial charge >= 0.3 is 0 Å². The molecule has 3 rings (SSSR count). The third-order valence-electron chi connectivity index (χ3n) is 4.36. The summed E-state index contributed by atoms with van der Waals surface area (Å²) in [6.07, 6.45) is 3.69. The minimum absolute atomic E-state index is 0.0417. The van der Waals surface area contributed by atoms with E-state index >= 15 is 0 Å². The average Bonchev–Trinajstić information content (AvgIpc) is 2.64. The highest BCUT2D eigenvalue weighted by atomic mass is 35.5. The second-order valence-electron chi connectivity index (χ2n) is 6.39. The van der Waals surface area contributed by atoms with Crippen LogP contribution >= 0.6 is 11.6 Å². The molecule has 1 saturated heterocycles. The minimum atomic E-state index is -0.211. The molecule has 0 unspecified atom stereocenters. The number of rotatable bonds is 6. The number of hydrogen-bond donors (Lipinski definition) is 1. The first kappa shape index (κ1) is 18.5. The third-order valence-corrected chi connectivity index (χ3v) is 4.73. The van der Waals surface area contributed by atoms with E-state index in [0.717, 1.165) is 24.0 Å². The maximum absolute atomic E-state index is 12.4. The Morgan fingerprint density at radius 2 is 1.92 bits per heavy atom. The molecule has 0 spiro atoms. The Kier molecular flexibility index (Phi) is 6.36. The van der Waals surface area contributed by atoms with Gasteiger partial charge < -0.3 is 10.1 Å². The summed E-state index contributed by atoms with van der Waals surface area (Å²) in [5, 5.41) is 3.57. The number of Topliss-reactive ketones (excluding diaryl/α,β-unsaturated/α-hetero) is 1. The van der Waals surface area contributed by atoms with Gasteiger partial charge in [0.1, 0.15) is 11.5 Å². The van der Waals surface area contributed by atoms with E-state index in [2.05, 4.69) is 10.3 Å². The van der Waals surface area contributed by atoms with Crippen LogP contribution in [0.2, 0.25) is 5.02 Å². The van der Waals surface area contributed by atoms with Crippen LogP contribution in [0.4, 0.5) is 0 Å². The van der Waals surface area contributed by atoms with Crippen molar-refractivity contribution >= 4 is 23.3 Å². The maximum atomic E-state index is 12.4. The van der Waals surface area contributed by atoms with E-state index in [1.165, 1.54) is 0 Å². The SMILES string of the molecule is O=C(Cc1ccnc(C(=O)NC2CCOCC2)c1)Cc1ccccc1Cl. The van der Waals surface area contributed by atoms with Crippen LogP contribution in [0.15, 0.2) is 42.6 Å². The van der Waals surface area contributed by atoms with Gasteiger partial charge in [-0.25, -0.2) is 0 Å². The molecular formula is C20H21ClN2O3. The lowest BCUT2D eigenvalue weighted by Crippen LogP contribution is -2.39. The van der Waals surface area contributed by atoms with Crippen LogP contribution in [0.3, 0.4) is 0 Å². The molecule has 1 fully saturated rings. The van der Waals surface area contributed by atoms with Crippen molar-refractivity contribution in [2.24, 2.45) is 0 Å². The normalized spacial score (nSPS) is 14.8. The van der Waals surface area contributed by atoms with Crippen molar-refractivity contribution in [2.45, 2.75) is 31.7 Å². The van der Waals surface area contributed by atoms with Gasteiger partial charge in [-0.1, -0.05) is 29.8 Å². The van der Waals surface area contributed by atoms with E-state index < -0.39 is 0 Å². The summed E-state index contributed by atoms with van der Waals surface area (Å²) >= 11 is 6.11. The summed E-state index contributed by atoms with van der Waals surface area (Å²) < 4.78 is 5.29. The number of ketones is 1. The maximum Gasteiger partial charge on any atom is 0.270 e. The molecule has 2 heterocycles. The zero-order chi connectivity index (χ0) is 18.4. The van der Waals surface area contributed by atoms with Gasteiger partial charge in [-0.05, 0) is 42.2 Å². The van der Waals surface area contributed by atoms with Crippen LogP contribution < -0.4 is 5.32 Å². The van der Waals surface area contributed by atoms with Gasteiger partial charge in [-0.3, -0.25) is 14.6 Å². The molecule has 26 heavy (non-hydrogen) atoms. The van der Waals surface area contributed by atoms with Gasteiger partial charge in [0.2, 0.25) is 0 Å². The molecule has 0 bridgehead atoms. The number of nitrogens with zero attached hydrogens (tertiary/aromatic N) is 1. The van der Waals surface area contributed by atoms with Gasteiger partial charge in [-0.15, -0.1) is 0 Å². The summed E-state index contributed by atoms with van der Waals surface area (Å²) in [7, 11) is 0. The van der Waals surface area contributed by atoms with Crippen LogP contribution in [-0.4, -0.2) is 35.9 Å². The number of aromatic nitrogens is 1. The Hall–Kier alpha value is -2.24. The van der Waals surface area contributed by atoms with Crippen molar-refractivity contribution < 1.29 is 14.3 Å². The molecule has 1 aliphatic heterocycles. The number of hydrogen-bond acceptors (Lipinski definition) is 4. The molecule has 1 amide bonds. The molecule has 5 nitrogen and oxygen atoms in total. The number of benzene rings is 1. The Balaban J connectivity index is 1.60. The Morgan fingerprint density at radius 3 is 2.69 bits per heavy atom. The summed E-state index contributed by atoms with van der Waals surface area (Å²) in [6.45, 7) is 1.32. The van der Waals surface area contributed by atoms with Crippen LogP contribution in [0.25, 0.3) is 0 Å². The van der Waals surface area contributed by atoms with Crippen LogP contribution in [-0.2, 0) is 22.4 Å². The first-order valence-corrected chi connectivity index (χ1v) is 9.08. The molecule has 1 aromatic heterocycles. The molecule has 1 N–H and O–H groups in total. The highest BCUT2D eigenvalue weighted by Crippen LogP contribution is 2.16. The topological polar surface area (TPSA) is 68.3 Å². The number of nitrogens with one attached hydrogen (secondary N) is 1. The molecule has 1 aliphatic rings. The number of ether oxygens (including phenoxy) is 1. The van der Waals surface area contributed by atoms with Gasteiger partial charge in [0, 0.05) is 43.3 Å². The van der Waals surface area contributed by atoms with E-state index in [1.54, 1.807) is 24.4 Å². The molecule has 0 aliphatic carbocycles. The first-order valence-electron chi connectivity index (χ1n) is 8.70. The standard InChI is InChI=1S/C20H21ClN2O3/c21-18-4-2-1-3-15(18)13-17(24)11-14-5-8-22-19(12-14)20(25)23-16-6-9-26-10-7-16/h1-5,8,12,16H,6-7,9-11,13H2,(H,23,25). The number of carbonyl (C=O) groups excluding carboxylic acids is 2. The monoisotopic (exact) mass is 372 g/mol. The smallest absolute Gasteiger partial charge is 0.270 e. The van der Waals surface area contributed by atoms with E-state index in [1.807, 2.05) is 18.2 Å². The third kappa shape index (κ3) is 5.13. The predicted molar refractivity (Wildman–Crippen MR) is 99.4 cm³/mol. The van der Waals surface area contributed by atoms with Gasteiger partial charge in [0.25, 0.3) is 5.91 Å². The second-order valence-corrected chi connectivity index (χ2v) is 6.80. The van der Waals surface area contributed by atoms with Gasteiger partial charge in [0.05, 0.1) is 0 Å². The largest absolute Gasteiger partial charge is 0.381 e. The van der Waals surface area contributed by atoms with Crippen molar-refractivity contribution in [3.8, 4) is 0 Å². The minimum Gasteiger partial charge on any atom is -0.381 e. The van der Waals surface area contributed by atoms with Crippen molar-refractivity contribution in [3.63, 3.8) is 0 Å².